The van der Waals surface area contributed by atoms with Crippen molar-refractivity contribution >= 4 is 17.1 Å². The summed E-state index contributed by atoms with van der Waals surface area (Å²) in [6.45, 7) is 0. The van der Waals surface area contributed by atoms with Gasteiger partial charge in [0.25, 0.3) is 0 Å². The highest BCUT2D eigenvalue weighted by Gasteiger charge is 2.19. The molecule has 0 aromatic heterocycles. The Balaban J connectivity index is 3.40. The first-order valence-electron chi connectivity index (χ1n) is 3.97. The SMILES string of the molecule is CNc1cc(O)cc(NC)c1[N+](=O)[O-]. The van der Waals surface area contributed by atoms with Gasteiger partial charge in [0.2, 0.25) is 0 Å². The number of benzene rings is 1. The van der Waals surface area contributed by atoms with E-state index in [1.807, 2.05) is 0 Å². The van der Waals surface area contributed by atoms with E-state index < -0.39 is 4.92 Å². The van der Waals surface area contributed by atoms with Gasteiger partial charge >= 0.3 is 5.69 Å². The minimum atomic E-state index is -0.503. The van der Waals surface area contributed by atoms with Crippen LogP contribution in [0.1, 0.15) is 0 Å². The Hall–Kier alpha value is -1.98. The van der Waals surface area contributed by atoms with Crippen molar-refractivity contribution in [2.45, 2.75) is 0 Å². The number of phenolic OH excluding ortho intramolecular Hbond substituents is 1. The zero-order valence-electron chi connectivity index (χ0n) is 7.87. The quantitative estimate of drug-likeness (QED) is 0.503. The van der Waals surface area contributed by atoms with Gasteiger partial charge in [0.15, 0.2) is 0 Å². The average Bonchev–Trinajstić information content (AvgIpc) is 2.15. The molecule has 6 heteroatoms. The standard InChI is InChI=1S/C8H11N3O3/c1-9-6-3-5(12)4-7(10-2)8(6)11(13)14/h3-4,9-10,12H,1-2H3. The zero-order valence-corrected chi connectivity index (χ0v) is 7.87. The second-order valence-corrected chi connectivity index (χ2v) is 2.65. The van der Waals surface area contributed by atoms with Crippen LogP contribution in [-0.2, 0) is 0 Å². The summed E-state index contributed by atoms with van der Waals surface area (Å²) in [5, 5.41) is 25.3. The molecule has 0 atom stereocenters. The van der Waals surface area contributed by atoms with Crippen LogP contribution in [0.15, 0.2) is 12.1 Å². The van der Waals surface area contributed by atoms with E-state index in [4.69, 9.17) is 0 Å². The Morgan fingerprint density at radius 3 is 2.00 bits per heavy atom. The van der Waals surface area contributed by atoms with Crippen LogP contribution in [0.25, 0.3) is 0 Å². The fraction of sp³-hybridized carbons (Fsp3) is 0.250. The minimum absolute atomic E-state index is 0.0238. The van der Waals surface area contributed by atoms with Crippen LogP contribution in [0.2, 0.25) is 0 Å². The number of rotatable bonds is 3. The van der Waals surface area contributed by atoms with E-state index in [0.29, 0.717) is 0 Å². The van der Waals surface area contributed by atoms with Crippen molar-refractivity contribution in [1.29, 1.82) is 0 Å². The summed E-state index contributed by atoms with van der Waals surface area (Å²) in [4.78, 5) is 10.2. The summed E-state index contributed by atoms with van der Waals surface area (Å²) in [6, 6.07) is 2.61. The normalized spacial score (nSPS) is 9.57. The molecule has 76 valence electrons. The molecule has 0 heterocycles. The van der Waals surface area contributed by atoms with Gasteiger partial charge in [0, 0.05) is 26.2 Å². The Morgan fingerprint density at radius 2 is 1.71 bits per heavy atom. The molecule has 0 aliphatic carbocycles. The summed E-state index contributed by atoms with van der Waals surface area (Å²) in [6.07, 6.45) is 0. The number of hydrogen-bond acceptors (Lipinski definition) is 5. The van der Waals surface area contributed by atoms with Gasteiger partial charge in [-0.3, -0.25) is 10.1 Å². The van der Waals surface area contributed by atoms with E-state index in [1.165, 1.54) is 12.1 Å². The molecule has 14 heavy (non-hydrogen) atoms. The zero-order chi connectivity index (χ0) is 10.7. The molecular weight excluding hydrogens is 186 g/mol. The molecule has 0 unspecified atom stereocenters. The molecule has 0 aliphatic heterocycles. The molecule has 1 aromatic carbocycles. The van der Waals surface area contributed by atoms with Crippen LogP contribution in [0, 0.1) is 10.1 Å². The maximum Gasteiger partial charge on any atom is 0.315 e. The number of hydrogen-bond donors (Lipinski definition) is 3. The molecule has 0 saturated carbocycles. The lowest BCUT2D eigenvalue weighted by molar-refractivity contribution is -0.383. The van der Waals surface area contributed by atoms with E-state index in [-0.39, 0.29) is 22.8 Å². The molecule has 0 amide bonds. The molecule has 3 N–H and O–H groups in total. The third kappa shape index (κ3) is 1.68. The number of phenols is 1. The van der Waals surface area contributed by atoms with Crippen molar-refractivity contribution in [3.8, 4) is 5.75 Å². The van der Waals surface area contributed by atoms with Crippen LogP contribution >= 0.6 is 0 Å². The Bertz CT molecular complexity index is 340. The van der Waals surface area contributed by atoms with E-state index in [9.17, 15) is 15.2 Å². The van der Waals surface area contributed by atoms with Gasteiger partial charge in [-0.15, -0.1) is 0 Å². The first-order valence-corrected chi connectivity index (χ1v) is 3.97. The number of nitro benzene ring substituents is 1. The van der Waals surface area contributed by atoms with Crippen LogP contribution in [-0.4, -0.2) is 24.1 Å². The van der Waals surface area contributed by atoms with E-state index >= 15 is 0 Å². The predicted molar refractivity (Wildman–Crippen MR) is 53.9 cm³/mol. The van der Waals surface area contributed by atoms with Gasteiger partial charge < -0.3 is 15.7 Å². The number of nitrogens with zero attached hydrogens (tertiary/aromatic N) is 1. The molecule has 0 fully saturated rings. The van der Waals surface area contributed by atoms with Crippen molar-refractivity contribution in [2.75, 3.05) is 24.7 Å². The molecule has 1 aromatic rings. The summed E-state index contributed by atoms with van der Waals surface area (Å²) >= 11 is 0. The molecule has 0 aliphatic rings. The number of aromatic hydroxyl groups is 1. The lowest BCUT2D eigenvalue weighted by Gasteiger charge is -2.07. The second-order valence-electron chi connectivity index (χ2n) is 2.65. The molecule has 6 nitrogen and oxygen atoms in total. The summed E-state index contributed by atoms with van der Waals surface area (Å²) in [7, 11) is 3.11. The Kier molecular flexibility index (Phi) is 2.76. The molecule has 0 bridgehead atoms. The van der Waals surface area contributed by atoms with Crippen LogP contribution in [0.5, 0.6) is 5.75 Å². The molecule has 0 spiro atoms. The van der Waals surface area contributed by atoms with E-state index in [1.54, 1.807) is 14.1 Å². The maximum absolute atomic E-state index is 10.7. The van der Waals surface area contributed by atoms with Gasteiger partial charge in [-0.25, -0.2) is 0 Å². The molecular formula is C8H11N3O3. The third-order valence-electron chi connectivity index (χ3n) is 1.82. The van der Waals surface area contributed by atoms with Crippen molar-refractivity contribution < 1.29 is 10.0 Å². The van der Waals surface area contributed by atoms with Crippen LogP contribution < -0.4 is 10.6 Å². The van der Waals surface area contributed by atoms with Crippen molar-refractivity contribution in [2.24, 2.45) is 0 Å². The Morgan fingerprint density at radius 1 is 1.29 bits per heavy atom. The lowest BCUT2D eigenvalue weighted by Crippen LogP contribution is -2.01. The monoisotopic (exact) mass is 197 g/mol. The summed E-state index contributed by atoms with van der Waals surface area (Å²) < 4.78 is 0. The van der Waals surface area contributed by atoms with Gasteiger partial charge in [0.1, 0.15) is 17.1 Å². The highest BCUT2D eigenvalue weighted by Crippen LogP contribution is 2.36. The second kappa shape index (κ2) is 3.82. The number of nitrogens with one attached hydrogen (secondary N) is 2. The van der Waals surface area contributed by atoms with Crippen LogP contribution in [0.3, 0.4) is 0 Å². The summed E-state index contributed by atoms with van der Waals surface area (Å²) in [5.74, 6) is -0.0238. The number of nitro groups is 1. The number of anilines is 2. The molecule has 0 radical (unpaired) electrons. The van der Waals surface area contributed by atoms with Crippen molar-refractivity contribution in [1.82, 2.24) is 0 Å². The smallest absolute Gasteiger partial charge is 0.315 e. The van der Waals surface area contributed by atoms with Crippen molar-refractivity contribution in [3.05, 3.63) is 22.2 Å². The van der Waals surface area contributed by atoms with E-state index in [2.05, 4.69) is 10.6 Å². The third-order valence-corrected chi connectivity index (χ3v) is 1.82. The predicted octanol–water partition coefficient (Wildman–Crippen LogP) is 1.38. The fourth-order valence-electron chi connectivity index (χ4n) is 1.20. The first kappa shape index (κ1) is 10.1. The minimum Gasteiger partial charge on any atom is -0.508 e. The van der Waals surface area contributed by atoms with Gasteiger partial charge in [-0.2, -0.15) is 0 Å². The highest BCUT2D eigenvalue weighted by atomic mass is 16.6. The van der Waals surface area contributed by atoms with Gasteiger partial charge in [-0.05, 0) is 0 Å². The maximum atomic E-state index is 10.7. The van der Waals surface area contributed by atoms with Crippen molar-refractivity contribution in [3.63, 3.8) is 0 Å². The molecule has 0 saturated heterocycles. The van der Waals surface area contributed by atoms with Crippen LogP contribution in [0.4, 0.5) is 17.1 Å². The summed E-state index contributed by atoms with van der Waals surface area (Å²) in [5.41, 5.74) is 0.478. The lowest BCUT2D eigenvalue weighted by atomic mass is 10.2. The Labute approximate surface area is 80.7 Å². The van der Waals surface area contributed by atoms with Gasteiger partial charge in [0.05, 0.1) is 4.92 Å². The fourth-order valence-corrected chi connectivity index (χ4v) is 1.20. The van der Waals surface area contributed by atoms with E-state index in [0.717, 1.165) is 0 Å². The largest absolute Gasteiger partial charge is 0.508 e. The first-order chi connectivity index (χ1) is 6.60. The van der Waals surface area contributed by atoms with Gasteiger partial charge in [-0.1, -0.05) is 0 Å². The average molecular weight is 197 g/mol. The molecule has 1 rings (SSSR count). The highest BCUT2D eigenvalue weighted by molar-refractivity contribution is 5.78. The topological polar surface area (TPSA) is 87.4 Å².